The van der Waals surface area contributed by atoms with Crippen LogP contribution in [0.3, 0.4) is 0 Å². The van der Waals surface area contributed by atoms with E-state index in [4.69, 9.17) is 4.74 Å². The number of nitro benzene ring substituents is 1. The maximum Gasteiger partial charge on any atom is 0.312 e. The number of nitrogens with one attached hydrogen (secondary N) is 1. The van der Waals surface area contributed by atoms with E-state index in [0.29, 0.717) is 19.2 Å². The predicted molar refractivity (Wildman–Crippen MR) is 116 cm³/mol. The molecule has 11 nitrogen and oxygen atoms in total. The summed E-state index contributed by atoms with van der Waals surface area (Å²) >= 11 is 0. The molecule has 1 fully saturated rings. The van der Waals surface area contributed by atoms with E-state index in [9.17, 15) is 32.1 Å². The highest BCUT2D eigenvalue weighted by Crippen LogP contribution is 2.33. The minimum Gasteiger partial charge on any atom is -0.502 e. The van der Waals surface area contributed by atoms with Crippen molar-refractivity contribution >= 4 is 31.4 Å². The van der Waals surface area contributed by atoms with E-state index in [2.05, 4.69) is 4.72 Å². The van der Waals surface area contributed by atoms with Crippen molar-refractivity contribution in [3.05, 3.63) is 46.5 Å². The van der Waals surface area contributed by atoms with Gasteiger partial charge in [0.05, 0.1) is 27.5 Å². The van der Waals surface area contributed by atoms with Gasteiger partial charge >= 0.3 is 5.69 Å². The van der Waals surface area contributed by atoms with Crippen LogP contribution in [0.5, 0.6) is 11.5 Å². The second-order valence-electron chi connectivity index (χ2n) is 7.19. The molecule has 2 aromatic rings. The molecule has 0 bridgehead atoms. The SMILES string of the molecule is COc1ccc(S(=O)(=O)N2CCCCCC2)cc1NS(=O)(=O)c1ccc(O)c([N+](=O)[O-])c1. The molecule has 3 rings (SSSR count). The lowest BCUT2D eigenvalue weighted by molar-refractivity contribution is -0.386. The number of sulfonamides is 2. The number of rotatable bonds is 7. The molecule has 0 aromatic heterocycles. The van der Waals surface area contributed by atoms with Crippen LogP contribution >= 0.6 is 0 Å². The van der Waals surface area contributed by atoms with Crippen LogP contribution in [-0.4, -0.2) is 51.4 Å². The molecule has 1 aliphatic rings. The first kappa shape index (κ1) is 23.8. The third kappa shape index (κ3) is 4.95. The van der Waals surface area contributed by atoms with E-state index in [1.807, 2.05) is 0 Å². The summed E-state index contributed by atoms with van der Waals surface area (Å²) in [6, 6.07) is 6.43. The van der Waals surface area contributed by atoms with Crippen molar-refractivity contribution < 1.29 is 31.6 Å². The highest BCUT2D eigenvalue weighted by molar-refractivity contribution is 7.92. The van der Waals surface area contributed by atoms with Gasteiger partial charge in [-0.15, -0.1) is 0 Å². The lowest BCUT2D eigenvalue weighted by Crippen LogP contribution is -2.32. The number of aromatic hydroxyl groups is 1. The van der Waals surface area contributed by atoms with Gasteiger partial charge in [-0.25, -0.2) is 16.8 Å². The zero-order chi connectivity index (χ0) is 23.5. The number of phenols is 1. The number of anilines is 1. The van der Waals surface area contributed by atoms with Crippen LogP contribution in [0.4, 0.5) is 11.4 Å². The lowest BCUT2D eigenvalue weighted by Gasteiger charge is -2.21. The van der Waals surface area contributed by atoms with Crippen LogP contribution in [-0.2, 0) is 20.0 Å². The molecule has 1 saturated heterocycles. The largest absolute Gasteiger partial charge is 0.502 e. The Morgan fingerprint density at radius 3 is 2.22 bits per heavy atom. The molecule has 13 heteroatoms. The highest BCUT2D eigenvalue weighted by Gasteiger charge is 2.28. The van der Waals surface area contributed by atoms with Gasteiger partial charge in [0, 0.05) is 19.2 Å². The normalized spacial score (nSPS) is 15.7. The number of hydrogen-bond donors (Lipinski definition) is 2. The average Bonchev–Trinajstić information content (AvgIpc) is 3.03. The molecule has 0 radical (unpaired) electrons. The highest BCUT2D eigenvalue weighted by atomic mass is 32.2. The average molecular weight is 486 g/mol. The summed E-state index contributed by atoms with van der Waals surface area (Å²) < 4.78 is 60.6. The minimum absolute atomic E-state index is 0.0664. The molecule has 1 aliphatic heterocycles. The summed E-state index contributed by atoms with van der Waals surface area (Å²) in [5, 5.41) is 20.6. The lowest BCUT2D eigenvalue weighted by atomic mass is 10.2. The van der Waals surface area contributed by atoms with Crippen molar-refractivity contribution in [3.8, 4) is 11.5 Å². The monoisotopic (exact) mass is 485 g/mol. The Kier molecular flexibility index (Phi) is 6.91. The number of nitro groups is 1. The van der Waals surface area contributed by atoms with Crippen LogP contribution in [0.2, 0.25) is 0 Å². The Morgan fingerprint density at radius 2 is 1.62 bits per heavy atom. The molecule has 0 atom stereocenters. The van der Waals surface area contributed by atoms with Gasteiger partial charge in [-0.3, -0.25) is 14.8 Å². The molecule has 2 N–H and O–H groups in total. The summed E-state index contributed by atoms with van der Waals surface area (Å²) in [5.74, 6) is -0.617. The van der Waals surface area contributed by atoms with Crippen molar-refractivity contribution in [1.29, 1.82) is 0 Å². The second kappa shape index (κ2) is 9.30. The van der Waals surface area contributed by atoms with E-state index in [1.165, 1.54) is 23.5 Å². The van der Waals surface area contributed by atoms with Crippen LogP contribution in [0.15, 0.2) is 46.2 Å². The number of phenolic OH excluding ortho intramolecular Hbond substituents is 1. The van der Waals surface area contributed by atoms with Crippen LogP contribution < -0.4 is 9.46 Å². The standard InChI is InChI=1S/C19H23N3O8S2/c1-30-19-9-7-15(32(28,29)21-10-4-2-3-5-11-21)12-16(19)20-31(26,27)14-6-8-18(23)17(13-14)22(24)25/h6-9,12-13,20,23H,2-5,10-11H2,1H3. The third-order valence-corrected chi connectivity index (χ3v) is 8.33. The topological polar surface area (TPSA) is 156 Å². The molecule has 0 unspecified atom stereocenters. The molecular weight excluding hydrogens is 462 g/mol. The first-order chi connectivity index (χ1) is 15.1. The number of benzene rings is 2. The predicted octanol–water partition coefficient (Wildman–Crippen LogP) is 2.67. The van der Waals surface area contributed by atoms with Gasteiger partial charge in [-0.1, -0.05) is 12.8 Å². The Morgan fingerprint density at radius 1 is 1.00 bits per heavy atom. The smallest absolute Gasteiger partial charge is 0.312 e. The molecule has 174 valence electrons. The zero-order valence-electron chi connectivity index (χ0n) is 17.2. The summed E-state index contributed by atoms with van der Waals surface area (Å²) in [6.07, 6.45) is 3.37. The Labute approximate surface area is 185 Å². The molecule has 1 heterocycles. The van der Waals surface area contributed by atoms with Crippen molar-refractivity contribution in [2.75, 3.05) is 24.9 Å². The quantitative estimate of drug-likeness (QED) is 0.448. The summed E-state index contributed by atoms with van der Waals surface area (Å²) in [6.45, 7) is 0.763. The van der Waals surface area contributed by atoms with Crippen molar-refractivity contribution in [3.63, 3.8) is 0 Å². The van der Waals surface area contributed by atoms with Crippen LogP contribution in [0.1, 0.15) is 25.7 Å². The fourth-order valence-electron chi connectivity index (χ4n) is 3.38. The Hall–Kier alpha value is -2.90. The van der Waals surface area contributed by atoms with E-state index in [-0.39, 0.29) is 16.3 Å². The molecule has 2 aromatic carbocycles. The van der Waals surface area contributed by atoms with E-state index in [1.54, 1.807) is 0 Å². The van der Waals surface area contributed by atoms with E-state index < -0.39 is 41.3 Å². The Balaban J connectivity index is 1.99. The zero-order valence-corrected chi connectivity index (χ0v) is 18.9. The fourth-order valence-corrected chi connectivity index (χ4v) is 6.00. The molecule has 0 saturated carbocycles. The maximum absolute atomic E-state index is 13.1. The summed E-state index contributed by atoms with van der Waals surface area (Å²) in [7, 11) is -6.93. The van der Waals surface area contributed by atoms with Gasteiger partial charge in [0.15, 0.2) is 5.75 Å². The van der Waals surface area contributed by atoms with Gasteiger partial charge in [-0.2, -0.15) is 4.31 Å². The number of ether oxygens (including phenoxy) is 1. The Bertz CT molecular complexity index is 1220. The van der Waals surface area contributed by atoms with Crippen molar-refractivity contribution in [1.82, 2.24) is 4.31 Å². The number of nitrogens with zero attached hydrogens (tertiary/aromatic N) is 2. The third-order valence-electron chi connectivity index (χ3n) is 5.07. The van der Waals surface area contributed by atoms with Crippen LogP contribution in [0, 0.1) is 10.1 Å². The van der Waals surface area contributed by atoms with Crippen molar-refractivity contribution in [2.24, 2.45) is 0 Å². The van der Waals surface area contributed by atoms with E-state index >= 15 is 0 Å². The first-order valence-corrected chi connectivity index (χ1v) is 12.7. The molecule has 0 spiro atoms. The van der Waals surface area contributed by atoms with Crippen LogP contribution in [0.25, 0.3) is 0 Å². The first-order valence-electron chi connectivity index (χ1n) is 9.74. The van der Waals surface area contributed by atoms with Gasteiger partial charge < -0.3 is 9.84 Å². The van der Waals surface area contributed by atoms with E-state index in [0.717, 1.165) is 43.9 Å². The summed E-state index contributed by atoms with van der Waals surface area (Å²) in [4.78, 5) is 9.53. The number of methoxy groups -OCH3 is 1. The maximum atomic E-state index is 13.1. The minimum atomic E-state index is -4.37. The van der Waals surface area contributed by atoms with Gasteiger partial charge in [-0.05, 0) is 43.2 Å². The molecule has 0 aliphatic carbocycles. The van der Waals surface area contributed by atoms with Crippen molar-refractivity contribution in [2.45, 2.75) is 35.5 Å². The van der Waals surface area contributed by atoms with Gasteiger partial charge in [0.25, 0.3) is 10.0 Å². The molecule has 0 amide bonds. The second-order valence-corrected chi connectivity index (χ2v) is 10.8. The van der Waals surface area contributed by atoms with Gasteiger partial charge in [0.2, 0.25) is 10.0 Å². The van der Waals surface area contributed by atoms with Gasteiger partial charge in [0.1, 0.15) is 5.75 Å². The summed E-state index contributed by atoms with van der Waals surface area (Å²) in [5.41, 5.74) is -0.920. The molecule has 32 heavy (non-hydrogen) atoms. The fraction of sp³-hybridized carbons (Fsp3) is 0.368. The number of hydrogen-bond acceptors (Lipinski definition) is 8. The molecular formula is C19H23N3O8S2.